The molecule has 4 nitrogen and oxygen atoms in total. The highest BCUT2D eigenvalue weighted by Gasteiger charge is 2.08. The Morgan fingerprint density at radius 1 is 1.28 bits per heavy atom. The number of amides is 1. The number of hydrogen-bond acceptors (Lipinski definition) is 3. The Morgan fingerprint density at radius 2 is 2.00 bits per heavy atom. The molecule has 0 aliphatic heterocycles. The fraction of sp³-hybridized carbons (Fsp3) is 0.143. The van der Waals surface area contributed by atoms with Gasteiger partial charge in [0.05, 0.1) is 5.56 Å². The summed E-state index contributed by atoms with van der Waals surface area (Å²) in [6, 6.07) is 9.62. The van der Waals surface area contributed by atoms with Crippen LogP contribution in [0.2, 0.25) is 0 Å². The SMILES string of the molecule is Cc1ccc(CNC(=O)c2cnccc2N)cc1. The molecule has 1 amide bonds. The van der Waals surface area contributed by atoms with Crippen molar-refractivity contribution in [2.45, 2.75) is 13.5 Å². The Labute approximate surface area is 106 Å². The number of hydrogen-bond donors (Lipinski definition) is 2. The molecule has 18 heavy (non-hydrogen) atoms. The van der Waals surface area contributed by atoms with Crippen molar-refractivity contribution in [2.75, 3.05) is 5.73 Å². The van der Waals surface area contributed by atoms with Crippen LogP contribution in [-0.2, 0) is 6.54 Å². The van der Waals surface area contributed by atoms with Crippen LogP contribution in [0.4, 0.5) is 5.69 Å². The molecule has 1 heterocycles. The van der Waals surface area contributed by atoms with E-state index in [1.807, 2.05) is 31.2 Å². The number of anilines is 1. The average molecular weight is 241 g/mol. The minimum absolute atomic E-state index is 0.207. The third-order valence-electron chi connectivity index (χ3n) is 2.67. The minimum atomic E-state index is -0.207. The molecule has 0 aliphatic carbocycles. The summed E-state index contributed by atoms with van der Waals surface area (Å²) in [5, 5.41) is 2.82. The van der Waals surface area contributed by atoms with Gasteiger partial charge < -0.3 is 11.1 Å². The first kappa shape index (κ1) is 12.1. The third kappa shape index (κ3) is 2.85. The van der Waals surface area contributed by atoms with Crippen molar-refractivity contribution in [3.8, 4) is 0 Å². The highest BCUT2D eigenvalue weighted by molar-refractivity contribution is 5.98. The van der Waals surface area contributed by atoms with Gasteiger partial charge in [0.15, 0.2) is 0 Å². The molecule has 1 aromatic carbocycles. The van der Waals surface area contributed by atoms with Crippen LogP contribution in [0.3, 0.4) is 0 Å². The lowest BCUT2D eigenvalue weighted by Crippen LogP contribution is -2.23. The Bertz CT molecular complexity index is 549. The molecule has 0 spiro atoms. The molecule has 2 aromatic rings. The van der Waals surface area contributed by atoms with Crippen molar-refractivity contribution in [1.29, 1.82) is 0 Å². The van der Waals surface area contributed by atoms with Crippen LogP contribution in [0, 0.1) is 6.92 Å². The van der Waals surface area contributed by atoms with Crippen molar-refractivity contribution >= 4 is 11.6 Å². The number of pyridine rings is 1. The van der Waals surface area contributed by atoms with Crippen LogP contribution in [0.5, 0.6) is 0 Å². The van der Waals surface area contributed by atoms with Gasteiger partial charge in [-0.1, -0.05) is 29.8 Å². The molecule has 0 fully saturated rings. The zero-order valence-corrected chi connectivity index (χ0v) is 10.2. The van der Waals surface area contributed by atoms with Crippen molar-refractivity contribution in [3.63, 3.8) is 0 Å². The summed E-state index contributed by atoms with van der Waals surface area (Å²) in [7, 11) is 0. The molecule has 0 aliphatic rings. The van der Waals surface area contributed by atoms with Crippen LogP contribution in [0.1, 0.15) is 21.5 Å². The number of nitrogen functional groups attached to an aromatic ring is 1. The molecule has 0 radical (unpaired) electrons. The number of carbonyl (C=O) groups is 1. The third-order valence-corrected chi connectivity index (χ3v) is 2.67. The molecule has 0 unspecified atom stereocenters. The van der Waals surface area contributed by atoms with E-state index in [1.165, 1.54) is 11.8 Å². The number of aryl methyl sites for hydroxylation is 1. The van der Waals surface area contributed by atoms with Crippen molar-refractivity contribution in [1.82, 2.24) is 10.3 Å². The maximum atomic E-state index is 11.9. The maximum absolute atomic E-state index is 11.9. The first-order valence-corrected chi connectivity index (χ1v) is 5.70. The Morgan fingerprint density at radius 3 is 2.67 bits per heavy atom. The summed E-state index contributed by atoms with van der Waals surface area (Å²) in [6.45, 7) is 2.51. The molecule has 92 valence electrons. The molecular formula is C14H15N3O. The molecule has 4 heteroatoms. The lowest BCUT2D eigenvalue weighted by Gasteiger charge is -2.07. The number of aromatic nitrogens is 1. The summed E-state index contributed by atoms with van der Waals surface area (Å²) in [4.78, 5) is 15.8. The van der Waals surface area contributed by atoms with E-state index >= 15 is 0 Å². The van der Waals surface area contributed by atoms with Crippen LogP contribution in [0.15, 0.2) is 42.7 Å². The highest BCUT2D eigenvalue weighted by atomic mass is 16.1. The Hall–Kier alpha value is -2.36. The van der Waals surface area contributed by atoms with Crippen LogP contribution < -0.4 is 11.1 Å². The minimum Gasteiger partial charge on any atom is -0.398 e. The van der Waals surface area contributed by atoms with Gasteiger partial charge in [-0.3, -0.25) is 9.78 Å². The standard InChI is InChI=1S/C14H15N3O/c1-10-2-4-11(5-3-10)8-17-14(18)12-9-16-7-6-13(12)15/h2-7,9H,8H2,1H3,(H2,15,16)(H,17,18). The second-order valence-electron chi connectivity index (χ2n) is 4.13. The van der Waals surface area contributed by atoms with Gasteiger partial charge in [-0.25, -0.2) is 0 Å². The summed E-state index contributed by atoms with van der Waals surface area (Å²) in [5.74, 6) is -0.207. The van der Waals surface area contributed by atoms with Crippen LogP contribution in [-0.4, -0.2) is 10.9 Å². The number of carbonyl (C=O) groups excluding carboxylic acids is 1. The van der Waals surface area contributed by atoms with Gasteiger partial charge in [0.2, 0.25) is 0 Å². The summed E-state index contributed by atoms with van der Waals surface area (Å²) in [6.07, 6.45) is 3.03. The van der Waals surface area contributed by atoms with Gasteiger partial charge in [0.25, 0.3) is 5.91 Å². The normalized spacial score (nSPS) is 10.1. The predicted molar refractivity (Wildman–Crippen MR) is 71.0 cm³/mol. The molecule has 0 bridgehead atoms. The van der Waals surface area contributed by atoms with Crippen molar-refractivity contribution < 1.29 is 4.79 Å². The molecule has 0 saturated heterocycles. The van der Waals surface area contributed by atoms with Crippen molar-refractivity contribution in [3.05, 3.63) is 59.4 Å². The van der Waals surface area contributed by atoms with E-state index in [9.17, 15) is 4.79 Å². The predicted octanol–water partition coefficient (Wildman–Crippen LogP) is 1.90. The Kier molecular flexibility index (Phi) is 3.57. The smallest absolute Gasteiger partial charge is 0.255 e. The summed E-state index contributed by atoms with van der Waals surface area (Å²) >= 11 is 0. The maximum Gasteiger partial charge on any atom is 0.255 e. The number of benzene rings is 1. The van der Waals surface area contributed by atoms with E-state index in [1.54, 1.807) is 12.3 Å². The number of nitrogens with two attached hydrogens (primary N) is 1. The zero-order valence-electron chi connectivity index (χ0n) is 10.2. The summed E-state index contributed by atoms with van der Waals surface area (Å²) in [5.41, 5.74) is 8.80. The first-order chi connectivity index (χ1) is 8.66. The second-order valence-corrected chi connectivity index (χ2v) is 4.13. The second kappa shape index (κ2) is 5.31. The molecule has 0 saturated carbocycles. The van der Waals surface area contributed by atoms with Gasteiger partial charge in [0.1, 0.15) is 0 Å². The quantitative estimate of drug-likeness (QED) is 0.862. The summed E-state index contributed by atoms with van der Waals surface area (Å²) < 4.78 is 0. The van der Waals surface area contributed by atoms with E-state index in [-0.39, 0.29) is 5.91 Å². The van der Waals surface area contributed by atoms with Gasteiger partial charge in [-0.15, -0.1) is 0 Å². The van der Waals surface area contributed by atoms with E-state index in [0.717, 1.165) is 5.56 Å². The average Bonchev–Trinajstić information content (AvgIpc) is 2.38. The van der Waals surface area contributed by atoms with Gasteiger partial charge in [-0.05, 0) is 18.6 Å². The lowest BCUT2D eigenvalue weighted by molar-refractivity contribution is 0.0951. The molecule has 2 rings (SSSR count). The number of nitrogens with one attached hydrogen (secondary N) is 1. The van der Waals surface area contributed by atoms with E-state index in [4.69, 9.17) is 5.73 Å². The van der Waals surface area contributed by atoms with Crippen molar-refractivity contribution in [2.24, 2.45) is 0 Å². The Balaban J connectivity index is 2.01. The van der Waals surface area contributed by atoms with Gasteiger partial charge in [0, 0.05) is 24.6 Å². The molecular weight excluding hydrogens is 226 g/mol. The van der Waals surface area contributed by atoms with E-state index < -0.39 is 0 Å². The molecule has 3 N–H and O–H groups in total. The van der Waals surface area contributed by atoms with E-state index in [2.05, 4.69) is 10.3 Å². The fourth-order valence-corrected chi connectivity index (χ4v) is 1.58. The first-order valence-electron chi connectivity index (χ1n) is 5.70. The van der Waals surface area contributed by atoms with Gasteiger partial charge >= 0.3 is 0 Å². The van der Waals surface area contributed by atoms with Gasteiger partial charge in [-0.2, -0.15) is 0 Å². The number of rotatable bonds is 3. The monoisotopic (exact) mass is 241 g/mol. The van der Waals surface area contributed by atoms with Crippen LogP contribution in [0.25, 0.3) is 0 Å². The van der Waals surface area contributed by atoms with E-state index in [0.29, 0.717) is 17.8 Å². The lowest BCUT2D eigenvalue weighted by atomic mass is 10.1. The largest absolute Gasteiger partial charge is 0.398 e. The molecule has 1 aromatic heterocycles. The van der Waals surface area contributed by atoms with Crippen LogP contribution >= 0.6 is 0 Å². The fourth-order valence-electron chi connectivity index (χ4n) is 1.58. The topological polar surface area (TPSA) is 68.0 Å². The highest BCUT2D eigenvalue weighted by Crippen LogP contribution is 2.09. The zero-order chi connectivity index (χ0) is 13.0. The number of nitrogens with zero attached hydrogens (tertiary/aromatic N) is 1. The molecule has 0 atom stereocenters.